The predicted molar refractivity (Wildman–Crippen MR) is 78.3 cm³/mol. The zero-order valence-corrected chi connectivity index (χ0v) is 12.1. The average Bonchev–Trinajstić information content (AvgIpc) is 2.44. The topological polar surface area (TPSA) is 60.5 Å². The first-order valence-electron chi connectivity index (χ1n) is 6.32. The van der Waals surface area contributed by atoms with Crippen LogP contribution in [0.2, 0.25) is 0 Å². The van der Waals surface area contributed by atoms with Gasteiger partial charge in [-0.2, -0.15) is 0 Å². The summed E-state index contributed by atoms with van der Waals surface area (Å²) < 4.78 is 10.0. The number of esters is 1. The Bertz CT molecular complexity index is 653. The third-order valence-electron chi connectivity index (χ3n) is 3.13. The van der Waals surface area contributed by atoms with E-state index < -0.39 is 0 Å². The molecule has 5 nitrogen and oxygen atoms in total. The number of fused-ring (bicyclic) bond motifs is 1. The smallest absolute Gasteiger partial charge is 0.325 e. The SMILES string of the molecule is COC(=O)CNc1cc(C)nc2c(OC)ccc(C)c12. The van der Waals surface area contributed by atoms with Gasteiger partial charge in [-0.1, -0.05) is 6.07 Å². The second-order valence-electron chi connectivity index (χ2n) is 4.55. The maximum absolute atomic E-state index is 11.3. The highest BCUT2D eigenvalue weighted by Gasteiger charge is 2.12. The second kappa shape index (κ2) is 5.77. The van der Waals surface area contributed by atoms with Gasteiger partial charge in [0.05, 0.1) is 14.2 Å². The van der Waals surface area contributed by atoms with Gasteiger partial charge in [0, 0.05) is 16.8 Å². The van der Waals surface area contributed by atoms with Gasteiger partial charge in [-0.15, -0.1) is 0 Å². The Morgan fingerprint density at radius 2 is 2.05 bits per heavy atom. The number of aryl methyl sites for hydroxylation is 2. The van der Waals surface area contributed by atoms with Crippen molar-refractivity contribution in [3.8, 4) is 5.75 Å². The van der Waals surface area contributed by atoms with Crippen LogP contribution in [0.15, 0.2) is 18.2 Å². The lowest BCUT2D eigenvalue weighted by Gasteiger charge is -2.14. The van der Waals surface area contributed by atoms with Crippen LogP contribution in [0.4, 0.5) is 5.69 Å². The van der Waals surface area contributed by atoms with Crippen molar-refractivity contribution in [3.05, 3.63) is 29.5 Å². The number of hydrogen-bond donors (Lipinski definition) is 1. The normalized spacial score (nSPS) is 10.4. The molecule has 2 aromatic rings. The van der Waals surface area contributed by atoms with E-state index in [1.807, 2.05) is 32.0 Å². The van der Waals surface area contributed by atoms with Gasteiger partial charge in [0.1, 0.15) is 17.8 Å². The molecule has 106 valence electrons. The van der Waals surface area contributed by atoms with E-state index in [2.05, 4.69) is 15.0 Å². The quantitative estimate of drug-likeness (QED) is 0.868. The van der Waals surface area contributed by atoms with Crippen molar-refractivity contribution >= 4 is 22.6 Å². The van der Waals surface area contributed by atoms with Gasteiger partial charge in [0.15, 0.2) is 0 Å². The van der Waals surface area contributed by atoms with Crippen LogP contribution in [0.3, 0.4) is 0 Å². The van der Waals surface area contributed by atoms with Crippen molar-refractivity contribution in [3.63, 3.8) is 0 Å². The summed E-state index contributed by atoms with van der Waals surface area (Å²) in [6, 6.07) is 5.79. The molecule has 0 radical (unpaired) electrons. The number of carbonyl (C=O) groups is 1. The maximum atomic E-state index is 11.3. The lowest BCUT2D eigenvalue weighted by atomic mass is 10.1. The zero-order valence-electron chi connectivity index (χ0n) is 12.1. The molecule has 0 aliphatic carbocycles. The number of nitrogens with one attached hydrogen (secondary N) is 1. The Kier molecular flexibility index (Phi) is 4.08. The molecule has 1 N–H and O–H groups in total. The molecular weight excluding hydrogens is 256 g/mol. The van der Waals surface area contributed by atoms with E-state index in [4.69, 9.17) is 4.74 Å². The van der Waals surface area contributed by atoms with Gasteiger partial charge in [-0.05, 0) is 31.5 Å². The largest absolute Gasteiger partial charge is 0.494 e. The number of ether oxygens (including phenoxy) is 2. The molecule has 0 saturated heterocycles. The molecule has 0 amide bonds. The summed E-state index contributed by atoms with van der Waals surface area (Å²) in [4.78, 5) is 15.8. The second-order valence-corrected chi connectivity index (χ2v) is 4.55. The van der Waals surface area contributed by atoms with Crippen molar-refractivity contribution < 1.29 is 14.3 Å². The monoisotopic (exact) mass is 274 g/mol. The zero-order chi connectivity index (χ0) is 14.7. The molecule has 20 heavy (non-hydrogen) atoms. The fourth-order valence-electron chi connectivity index (χ4n) is 2.16. The number of anilines is 1. The molecule has 1 aromatic heterocycles. The molecule has 2 rings (SSSR count). The van der Waals surface area contributed by atoms with Gasteiger partial charge in [0.25, 0.3) is 0 Å². The fraction of sp³-hybridized carbons (Fsp3) is 0.333. The average molecular weight is 274 g/mol. The molecule has 0 atom stereocenters. The van der Waals surface area contributed by atoms with Crippen molar-refractivity contribution in [1.82, 2.24) is 4.98 Å². The van der Waals surface area contributed by atoms with Crippen LogP contribution in [0.5, 0.6) is 5.75 Å². The summed E-state index contributed by atoms with van der Waals surface area (Å²) in [7, 11) is 2.99. The van der Waals surface area contributed by atoms with Gasteiger partial charge in [-0.3, -0.25) is 4.79 Å². The third-order valence-corrected chi connectivity index (χ3v) is 3.13. The molecule has 0 aliphatic rings. The van der Waals surface area contributed by atoms with E-state index in [9.17, 15) is 4.79 Å². The number of benzene rings is 1. The van der Waals surface area contributed by atoms with Crippen LogP contribution < -0.4 is 10.1 Å². The highest BCUT2D eigenvalue weighted by Crippen LogP contribution is 2.32. The highest BCUT2D eigenvalue weighted by molar-refractivity contribution is 5.98. The number of aromatic nitrogens is 1. The maximum Gasteiger partial charge on any atom is 0.325 e. The van der Waals surface area contributed by atoms with E-state index in [0.717, 1.165) is 33.6 Å². The van der Waals surface area contributed by atoms with Crippen molar-refractivity contribution in [2.45, 2.75) is 13.8 Å². The Hall–Kier alpha value is -2.30. The minimum Gasteiger partial charge on any atom is -0.494 e. The molecule has 0 fully saturated rings. The van der Waals surface area contributed by atoms with Crippen LogP contribution in [0.1, 0.15) is 11.3 Å². The molecule has 0 saturated carbocycles. The minimum atomic E-state index is -0.312. The Labute approximate surface area is 117 Å². The Balaban J connectivity index is 2.55. The van der Waals surface area contributed by atoms with E-state index >= 15 is 0 Å². The van der Waals surface area contributed by atoms with Crippen LogP contribution in [-0.4, -0.2) is 31.7 Å². The number of carbonyl (C=O) groups excluding carboxylic acids is 1. The van der Waals surface area contributed by atoms with E-state index in [1.165, 1.54) is 7.11 Å². The van der Waals surface area contributed by atoms with E-state index in [1.54, 1.807) is 7.11 Å². The van der Waals surface area contributed by atoms with Gasteiger partial charge < -0.3 is 14.8 Å². The first kappa shape index (κ1) is 14.1. The first-order chi connectivity index (χ1) is 9.56. The lowest BCUT2D eigenvalue weighted by Crippen LogP contribution is -2.15. The third kappa shape index (κ3) is 2.66. The fourth-order valence-corrected chi connectivity index (χ4v) is 2.16. The summed E-state index contributed by atoms with van der Waals surface area (Å²) >= 11 is 0. The van der Waals surface area contributed by atoms with Crippen molar-refractivity contribution in [2.24, 2.45) is 0 Å². The highest BCUT2D eigenvalue weighted by atomic mass is 16.5. The number of rotatable bonds is 4. The number of pyridine rings is 1. The number of methoxy groups -OCH3 is 2. The molecule has 1 heterocycles. The summed E-state index contributed by atoms with van der Waals surface area (Å²) in [5, 5.41) is 4.06. The van der Waals surface area contributed by atoms with Crippen LogP contribution in [0, 0.1) is 13.8 Å². The van der Waals surface area contributed by atoms with E-state index in [-0.39, 0.29) is 12.5 Å². The molecule has 5 heteroatoms. The number of hydrogen-bond acceptors (Lipinski definition) is 5. The van der Waals surface area contributed by atoms with Gasteiger partial charge in [0.2, 0.25) is 0 Å². The summed E-state index contributed by atoms with van der Waals surface area (Å²) in [5.41, 5.74) is 3.57. The first-order valence-corrected chi connectivity index (χ1v) is 6.32. The Morgan fingerprint density at radius 1 is 1.30 bits per heavy atom. The van der Waals surface area contributed by atoms with Gasteiger partial charge >= 0.3 is 5.97 Å². The molecule has 0 aliphatic heterocycles. The molecule has 0 spiro atoms. The predicted octanol–water partition coefficient (Wildman–Crippen LogP) is 2.45. The molecule has 1 aromatic carbocycles. The van der Waals surface area contributed by atoms with Crippen molar-refractivity contribution in [1.29, 1.82) is 0 Å². The Morgan fingerprint density at radius 3 is 2.70 bits per heavy atom. The summed E-state index contributed by atoms with van der Waals surface area (Å²) in [5.74, 6) is 0.406. The molecular formula is C15H18N2O3. The number of nitrogens with zero attached hydrogens (tertiary/aromatic N) is 1. The summed E-state index contributed by atoms with van der Waals surface area (Å²) in [6.45, 7) is 4.03. The van der Waals surface area contributed by atoms with Crippen LogP contribution in [-0.2, 0) is 9.53 Å². The van der Waals surface area contributed by atoms with Crippen LogP contribution in [0.25, 0.3) is 10.9 Å². The molecule has 0 unspecified atom stereocenters. The van der Waals surface area contributed by atoms with E-state index in [0.29, 0.717) is 0 Å². The minimum absolute atomic E-state index is 0.117. The summed E-state index contributed by atoms with van der Waals surface area (Å²) in [6.07, 6.45) is 0. The standard InChI is InChI=1S/C15H18N2O3/c1-9-5-6-12(19-3)15-14(9)11(7-10(2)17-15)16-8-13(18)20-4/h5-7H,8H2,1-4H3,(H,16,17). The molecule has 0 bridgehead atoms. The lowest BCUT2D eigenvalue weighted by molar-refractivity contribution is -0.138. The van der Waals surface area contributed by atoms with Gasteiger partial charge in [-0.25, -0.2) is 4.98 Å². The van der Waals surface area contributed by atoms with Crippen LogP contribution >= 0.6 is 0 Å². The van der Waals surface area contributed by atoms with Crippen molar-refractivity contribution in [2.75, 3.05) is 26.1 Å².